The van der Waals surface area contributed by atoms with Crippen molar-refractivity contribution < 1.29 is 9.47 Å². The van der Waals surface area contributed by atoms with Gasteiger partial charge in [0.15, 0.2) is 0 Å². The molecule has 1 aliphatic carbocycles. The van der Waals surface area contributed by atoms with Crippen LogP contribution in [0.3, 0.4) is 0 Å². The van der Waals surface area contributed by atoms with E-state index < -0.39 is 0 Å². The third kappa shape index (κ3) is 0.789. The molecule has 10 heavy (non-hydrogen) atoms. The van der Waals surface area contributed by atoms with Gasteiger partial charge in [-0.3, -0.25) is 0 Å². The standard InChI is InChI=1S/C8H12O2/c1-2-6-7(10-6)3-5(1)8-4-9-8/h5-8H,1-4H2/t5-,6?,7?,8?/m0/s1. The van der Waals surface area contributed by atoms with Crippen LogP contribution in [0.15, 0.2) is 0 Å². The second-order valence-corrected chi connectivity index (χ2v) is 3.66. The molecule has 2 heteroatoms. The molecule has 0 bridgehead atoms. The van der Waals surface area contributed by atoms with Gasteiger partial charge in [-0.15, -0.1) is 0 Å². The zero-order chi connectivity index (χ0) is 6.55. The quantitative estimate of drug-likeness (QED) is 0.507. The summed E-state index contributed by atoms with van der Waals surface area (Å²) >= 11 is 0. The zero-order valence-electron chi connectivity index (χ0n) is 5.95. The second kappa shape index (κ2) is 1.74. The van der Waals surface area contributed by atoms with E-state index in [1.54, 1.807) is 0 Å². The highest BCUT2D eigenvalue weighted by atomic mass is 16.6. The molecule has 3 unspecified atom stereocenters. The van der Waals surface area contributed by atoms with Crippen molar-refractivity contribution in [2.75, 3.05) is 6.61 Å². The lowest BCUT2D eigenvalue weighted by molar-refractivity contribution is 0.279. The Morgan fingerprint density at radius 3 is 2.60 bits per heavy atom. The van der Waals surface area contributed by atoms with Gasteiger partial charge in [0.25, 0.3) is 0 Å². The zero-order valence-corrected chi connectivity index (χ0v) is 5.95. The molecule has 3 rings (SSSR count). The first-order valence-electron chi connectivity index (χ1n) is 4.20. The molecule has 2 nitrogen and oxygen atoms in total. The Morgan fingerprint density at radius 2 is 1.90 bits per heavy atom. The summed E-state index contributed by atoms with van der Waals surface area (Å²) in [5, 5.41) is 0. The molecule has 2 aliphatic heterocycles. The monoisotopic (exact) mass is 140 g/mol. The van der Waals surface area contributed by atoms with Crippen LogP contribution < -0.4 is 0 Å². The molecule has 2 saturated heterocycles. The largest absolute Gasteiger partial charge is 0.373 e. The molecule has 0 aromatic heterocycles. The van der Waals surface area contributed by atoms with Crippen LogP contribution >= 0.6 is 0 Å². The Bertz CT molecular complexity index is 153. The maximum absolute atomic E-state index is 5.43. The third-order valence-electron chi connectivity index (χ3n) is 2.93. The summed E-state index contributed by atoms with van der Waals surface area (Å²) < 4.78 is 10.7. The van der Waals surface area contributed by atoms with Crippen LogP contribution in [-0.2, 0) is 9.47 Å². The van der Waals surface area contributed by atoms with Gasteiger partial charge in [0, 0.05) is 0 Å². The summed E-state index contributed by atoms with van der Waals surface area (Å²) in [6.07, 6.45) is 5.79. The van der Waals surface area contributed by atoms with Crippen LogP contribution in [-0.4, -0.2) is 24.9 Å². The molecule has 0 radical (unpaired) electrons. The Labute approximate surface area is 60.5 Å². The Morgan fingerprint density at radius 1 is 1.00 bits per heavy atom. The van der Waals surface area contributed by atoms with Gasteiger partial charge < -0.3 is 9.47 Å². The summed E-state index contributed by atoms with van der Waals surface area (Å²) in [7, 11) is 0. The molecule has 0 spiro atoms. The summed E-state index contributed by atoms with van der Waals surface area (Å²) in [5.41, 5.74) is 0. The van der Waals surface area contributed by atoms with E-state index in [-0.39, 0.29) is 0 Å². The van der Waals surface area contributed by atoms with Gasteiger partial charge in [0.1, 0.15) is 0 Å². The van der Waals surface area contributed by atoms with Crippen LogP contribution in [0.5, 0.6) is 0 Å². The highest BCUT2D eigenvalue weighted by Gasteiger charge is 2.48. The van der Waals surface area contributed by atoms with Crippen molar-refractivity contribution in [1.29, 1.82) is 0 Å². The van der Waals surface area contributed by atoms with Crippen molar-refractivity contribution >= 4 is 0 Å². The highest BCUT2D eigenvalue weighted by Crippen LogP contribution is 2.43. The molecule has 0 aromatic carbocycles. The van der Waals surface area contributed by atoms with Crippen LogP contribution in [0.2, 0.25) is 0 Å². The van der Waals surface area contributed by atoms with E-state index in [2.05, 4.69) is 0 Å². The number of hydrogen-bond donors (Lipinski definition) is 0. The average molecular weight is 140 g/mol. The van der Waals surface area contributed by atoms with Gasteiger partial charge in [0.05, 0.1) is 24.9 Å². The number of epoxide rings is 2. The Balaban J connectivity index is 1.65. The van der Waals surface area contributed by atoms with Crippen LogP contribution in [0.4, 0.5) is 0 Å². The summed E-state index contributed by atoms with van der Waals surface area (Å²) in [5.74, 6) is 0.837. The number of fused-ring (bicyclic) bond motifs is 1. The van der Waals surface area contributed by atoms with Gasteiger partial charge in [0.2, 0.25) is 0 Å². The molecule has 0 aromatic rings. The number of ether oxygens (including phenoxy) is 2. The number of hydrogen-bond acceptors (Lipinski definition) is 2. The summed E-state index contributed by atoms with van der Waals surface area (Å²) in [4.78, 5) is 0. The average Bonchev–Trinajstić information content (AvgIpc) is 2.83. The predicted molar refractivity (Wildman–Crippen MR) is 35.7 cm³/mol. The highest BCUT2D eigenvalue weighted by molar-refractivity contribution is 4.96. The fourth-order valence-electron chi connectivity index (χ4n) is 2.10. The lowest BCUT2D eigenvalue weighted by Gasteiger charge is -2.15. The molecular formula is C8H12O2. The van der Waals surface area contributed by atoms with Crippen LogP contribution in [0.1, 0.15) is 19.3 Å². The predicted octanol–water partition coefficient (Wildman–Crippen LogP) is 0.953. The van der Waals surface area contributed by atoms with Crippen molar-refractivity contribution in [3.8, 4) is 0 Å². The van der Waals surface area contributed by atoms with Crippen molar-refractivity contribution in [2.45, 2.75) is 37.6 Å². The van der Waals surface area contributed by atoms with E-state index in [9.17, 15) is 0 Å². The van der Waals surface area contributed by atoms with Gasteiger partial charge >= 0.3 is 0 Å². The molecule has 0 amide bonds. The Kier molecular flexibility index (Phi) is 0.968. The fraction of sp³-hybridized carbons (Fsp3) is 1.00. The lowest BCUT2D eigenvalue weighted by atomic mass is 9.87. The number of rotatable bonds is 1. The SMILES string of the molecule is C1C[C@H](C2CO2)CC2OC12. The van der Waals surface area contributed by atoms with E-state index in [0.29, 0.717) is 18.3 Å². The minimum Gasteiger partial charge on any atom is -0.373 e. The van der Waals surface area contributed by atoms with Gasteiger partial charge in [-0.1, -0.05) is 0 Å². The fourth-order valence-corrected chi connectivity index (χ4v) is 2.10. The minimum absolute atomic E-state index is 0.616. The summed E-state index contributed by atoms with van der Waals surface area (Å²) in [6.45, 7) is 1.02. The minimum atomic E-state index is 0.616. The first kappa shape index (κ1) is 5.56. The van der Waals surface area contributed by atoms with Gasteiger partial charge in [-0.2, -0.15) is 0 Å². The van der Waals surface area contributed by atoms with Crippen LogP contribution in [0.25, 0.3) is 0 Å². The smallest absolute Gasteiger partial charge is 0.0845 e. The molecule has 3 aliphatic rings. The second-order valence-electron chi connectivity index (χ2n) is 3.66. The molecule has 2 heterocycles. The molecule has 1 saturated carbocycles. The lowest BCUT2D eigenvalue weighted by Crippen LogP contribution is -2.17. The summed E-state index contributed by atoms with van der Waals surface area (Å²) in [6, 6.07) is 0. The molecule has 4 atom stereocenters. The van der Waals surface area contributed by atoms with Crippen molar-refractivity contribution in [3.05, 3.63) is 0 Å². The van der Waals surface area contributed by atoms with Crippen molar-refractivity contribution in [2.24, 2.45) is 5.92 Å². The molecule has 56 valence electrons. The van der Waals surface area contributed by atoms with E-state index in [0.717, 1.165) is 12.5 Å². The maximum atomic E-state index is 5.43. The van der Waals surface area contributed by atoms with Gasteiger partial charge in [-0.25, -0.2) is 0 Å². The third-order valence-corrected chi connectivity index (χ3v) is 2.93. The van der Waals surface area contributed by atoms with Crippen molar-refractivity contribution in [1.82, 2.24) is 0 Å². The first-order valence-corrected chi connectivity index (χ1v) is 4.20. The normalized spacial score (nSPS) is 57.6. The van der Waals surface area contributed by atoms with Crippen molar-refractivity contribution in [3.63, 3.8) is 0 Å². The van der Waals surface area contributed by atoms with Gasteiger partial charge in [-0.05, 0) is 25.2 Å². The first-order chi connectivity index (χ1) is 4.93. The molecule has 3 fully saturated rings. The van der Waals surface area contributed by atoms with E-state index in [1.807, 2.05) is 0 Å². The molecular weight excluding hydrogens is 128 g/mol. The topological polar surface area (TPSA) is 25.1 Å². The van der Waals surface area contributed by atoms with Crippen LogP contribution in [0, 0.1) is 5.92 Å². The van der Waals surface area contributed by atoms with E-state index in [4.69, 9.17) is 9.47 Å². The molecule has 0 N–H and O–H groups in total. The van der Waals surface area contributed by atoms with E-state index >= 15 is 0 Å². The van der Waals surface area contributed by atoms with E-state index in [1.165, 1.54) is 19.3 Å². The Hall–Kier alpha value is -0.0800. The maximum Gasteiger partial charge on any atom is 0.0845 e.